The highest BCUT2D eigenvalue weighted by molar-refractivity contribution is 5.81. The molecule has 0 saturated carbocycles. The van der Waals surface area contributed by atoms with Crippen LogP contribution in [0.1, 0.15) is 30.0 Å². The summed E-state index contributed by atoms with van der Waals surface area (Å²) >= 11 is 0. The minimum absolute atomic E-state index is 0.0836. The van der Waals surface area contributed by atoms with Gasteiger partial charge >= 0.3 is 5.63 Å². The number of likely N-dealkylation sites (tertiary alicyclic amines) is 1. The van der Waals surface area contributed by atoms with E-state index in [0.29, 0.717) is 12.1 Å². The van der Waals surface area contributed by atoms with Crippen LogP contribution in [0, 0.1) is 0 Å². The largest absolute Gasteiger partial charge is 0.508 e. The first-order valence-corrected chi connectivity index (χ1v) is 9.41. The van der Waals surface area contributed by atoms with Gasteiger partial charge in [0.05, 0.1) is 26.3 Å². The third kappa shape index (κ3) is 3.43. The fourth-order valence-electron chi connectivity index (χ4n) is 4.22. The highest BCUT2D eigenvalue weighted by atomic mass is 16.5. The molecule has 2 aromatic carbocycles. The van der Waals surface area contributed by atoms with Crippen LogP contribution in [0.2, 0.25) is 0 Å². The molecule has 0 amide bonds. The van der Waals surface area contributed by atoms with Crippen LogP contribution in [-0.4, -0.2) is 25.9 Å². The van der Waals surface area contributed by atoms with E-state index in [2.05, 4.69) is 0 Å². The molecule has 28 heavy (non-hydrogen) atoms. The maximum Gasteiger partial charge on any atom is 0.336 e. The molecule has 0 radical (unpaired) electrons. The molecule has 6 heteroatoms. The van der Waals surface area contributed by atoms with Crippen molar-refractivity contribution in [1.29, 1.82) is 0 Å². The van der Waals surface area contributed by atoms with Gasteiger partial charge in [-0.1, -0.05) is 0 Å². The molecule has 4 rings (SSSR count). The van der Waals surface area contributed by atoms with Crippen molar-refractivity contribution >= 4 is 11.0 Å². The van der Waals surface area contributed by atoms with Gasteiger partial charge in [0.15, 0.2) is 0 Å². The summed E-state index contributed by atoms with van der Waals surface area (Å²) in [6.07, 6.45) is 2.14. The Bertz CT molecular complexity index is 1060. The van der Waals surface area contributed by atoms with Crippen molar-refractivity contribution < 1.29 is 23.9 Å². The first-order valence-electron chi connectivity index (χ1n) is 9.41. The molecule has 1 aromatic heterocycles. The van der Waals surface area contributed by atoms with Gasteiger partial charge in [0, 0.05) is 35.9 Å². The van der Waals surface area contributed by atoms with Gasteiger partial charge in [-0.25, -0.2) is 4.79 Å². The number of nitrogens with one attached hydrogen (secondary N) is 1. The van der Waals surface area contributed by atoms with E-state index in [0.717, 1.165) is 47.4 Å². The Morgan fingerprint density at radius 3 is 2.79 bits per heavy atom. The fraction of sp³-hybridized carbons (Fsp3) is 0.318. The van der Waals surface area contributed by atoms with E-state index in [1.165, 1.54) is 11.0 Å². The van der Waals surface area contributed by atoms with Crippen LogP contribution in [0.5, 0.6) is 17.2 Å². The molecule has 146 valence electrons. The SMILES string of the molecule is COc1ccc(OC)c([C@@H]2CCC[NH+]2Cc2cc(=O)oc3cc(O)ccc23)c1. The van der Waals surface area contributed by atoms with Crippen molar-refractivity contribution in [3.8, 4) is 17.2 Å². The zero-order chi connectivity index (χ0) is 19.7. The van der Waals surface area contributed by atoms with Gasteiger partial charge in [0.1, 0.15) is 35.4 Å². The lowest BCUT2D eigenvalue weighted by Crippen LogP contribution is -3.08. The number of hydrogen-bond acceptors (Lipinski definition) is 5. The summed E-state index contributed by atoms with van der Waals surface area (Å²) in [6, 6.07) is 12.6. The third-order valence-electron chi connectivity index (χ3n) is 5.53. The van der Waals surface area contributed by atoms with Gasteiger partial charge in [-0.3, -0.25) is 0 Å². The smallest absolute Gasteiger partial charge is 0.336 e. The molecule has 2 N–H and O–H groups in total. The zero-order valence-electron chi connectivity index (χ0n) is 16.0. The van der Waals surface area contributed by atoms with Crippen molar-refractivity contribution in [2.24, 2.45) is 0 Å². The molecule has 0 spiro atoms. The molecule has 1 saturated heterocycles. The predicted molar refractivity (Wildman–Crippen MR) is 105 cm³/mol. The molecule has 2 heterocycles. The van der Waals surface area contributed by atoms with E-state index in [1.54, 1.807) is 32.4 Å². The van der Waals surface area contributed by atoms with Crippen LogP contribution >= 0.6 is 0 Å². The van der Waals surface area contributed by atoms with Crippen LogP contribution in [0.25, 0.3) is 11.0 Å². The number of hydrogen-bond donors (Lipinski definition) is 2. The van der Waals surface area contributed by atoms with Gasteiger partial charge in [-0.15, -0.1) is 0 Å². The second kappa shape index (κ2) is 7.56. The lowest BCUT2D eigenvalue weighted by molar-refractivity contribution is -0.931. The van der Waals surface area contributed by atoms with Gasteiger partial charge in [-0.2, -0.15) is 0 Å². The summed E-state index contributed by atoms with van der Waals surface area (Å²) in [7, 11) is 3.35. The molecule has 0 bridgehead atoms. The van der Waals surface area contributed by atoms with Crippen LogP contribution in [-0.2, 0) is 6.54 Å². The minimum Gasteiger partial charge on any atom is -0.508 e. The van der Waals surface area contributed by atoms with Crippen LogP contribution in [0.15, 0.2) is 51.7 Å². The molecule has 1 fully saturated rings. The van der Waals surface area contributed by atoms with Gasteiger partial charge in [-0.05, 0) is 30.3 Å². The lowest BCUT2D eigenvalue weighted by Gasteiger charge is -2.24. The molecule has 6 nitrogen and oxygen atoms in total. The molecule has 1 unspecified atom stereocenters. The van der Waals surface area contributed by atoms with E-state index in [9.17, 15) is 9.90 Å². The average molecular weight is 382 g/mol. The summed E-state index contributed by atoms with van der Waals surface area (Å²) in [5.41, 5.74) is 2.06. The quantitative estimate of drug-likeness (QED) is 0.663. The van der Waals surface area contributed by atoms with E-state index < -0.39 is 5.63 Å². The number of rotatable bonds is 5. The van der Waals surface area contributed by atoms with Crippen LogP contribution < -0.4 is 20.0 Å². The molecule has 1 aliphatic rings. The number of phenols is 1. The number of ether oxygens (including phenoxy) is 2. The van der Waals surface area contributed by atoms with Gasteiger partial charge < -0.3 is 23.9 Å². The summed E-state index contributed by atoms with van der Waals surface area (Å²) in [5, 5.41) is 10.6. The predicted octanol–water partition coefficient (Wildman–Crippen LogP) is 2.44. The Balaban J connectivity index is 1.71. The highest BCUT2D eigenvalue weighted by Gasteiger charge is 2.33. The van der Waals surface area contributed by atoms with E-state index in [-0.39, 0.29) is 11.8 Å². The van der Waals surface area contributed by atoms with Crippen molar-refractivity contribution in [2.45, 2.75) is 25.4 Å². The van der Waals surface area contributed by atoms with Crippen molar-refractivity contribution in [3.05, 3.63) is 64.0 Å². The first-order chi connectivity index (χ1) is 13.6. The lowest BCUT2D eigenvalue weighted by atomic mass is 10.0. The fourth-order valence-corrected chi connectivity index (χ4v) is 4.22. The number of aromatic hydroxyl groups is 1. The second-order valence-electron chi connectivity index (χ2n) is 7.16. The van der Waals surface area contributed by atoms with Gasteiger partial charge in [0.25, 0.3) is 0 Å². The molecule has 3 aromatic rings. The Morgan fingerprint density at radius 1 is 1.14 bits per heavy atom. The van der Waals surface area contributed by atoms with Crippen molar-refractivity contribution in [2.75, 3.05) is 20.8 Å². The molecular formula is C22H24NO5+. The summed E-state index contributed by atoms with van der Waals surface area (Å²) in [5.74, 6) is 1.75. The summed E-state index contributed by atoms with van der Waals surface area (Å²) in [4.78, 5) is 13.4. The standard InChI is InChI=1S/C22H23NO5/c1-26-16-6-8-20(27-2)18(12-16)19-4-3-9-23(19)13-14-10-22(25)28-21-11-15(24)5-7-17(14)21/h5-8,10-12,19,24H,3-4,9,13H2,1-2H3/p+1/t19-/m0/s1. The topological polar surface area (TPSA) is 73.3 Å². The van der Waals surface area contributed by atoms with E-state index >= 15 is 0 Å². The number of methoxy groups -OCH3 is 2. The molecule has 0 aliphatic carbocycles. The maximum atomic E-state index is 12.0. The summed E-state index contributed by atoms with van der Waals surface area (Å²) in [6.45, 7) is 1.70. The number of phenolic OH excluding ortho intramolecular Hbond substituents is 1. The van der Waals surface area contributed by atoms with Crippen molar-refractivity contribution in [1.82, 2.24) is 0 Å². The zero-order valence-corrected chi connectivity index (χ0v) is 16.0. The average Bonchev–Trinajstić information content (AvgIpc) is 3.14. The third-order valence-corrected chi connectivity index (χ3v) is 5.53. The first kappa shape index (κ1) is 18.4. The molecular weight excluding hydrogens is 358 g/mol. The number of benzene rings is 2. The Labute approximate surface area is 162 Å². The maximum absolute atomic E-state index is 12.0. The van der Waals surface area contributed by atoms with Gasteiger partial charge in [0.2, 0.25) is 0 Å². The highest BCUT2D eigenvalue weighted by Crippen LogP contribution is 2.32. The Kier molecular flexibility index (Phi) is 4.96. The monoisotopic (exact) mass is 382 g/mol. The molecule has 1 aliphatic heterocycles. The Morgan fingerprint density at radius 2 is 2.00 bits per heavy atom. The van der Waals surface area contributed by atoms with Crippen LogP contribution in [0.4, 0.5) is 0 Å². The van der Waals surface area contributed by atoms with E-state index in [4.69, 9.17) is 13.9 Å². The summed E-state index contributed by atoms with van der Waals surface area (Å²) < 4.78 is 16.3. The molecule has 2 atom stereocenters. The normalized spacial score (nSPS) is 19.1. The number of quaternary nitrogens is 1. The Hall–Kier alpha value is -2.99. The van der Waals surface area contributed by atoms with Crippen molar-refractivity contribution in [3.63, 3.8) is 0 Å². The van der Waals surface area contributed by atoms with E-state index in [1.807, 2.05) is 18.2 Å². The van der Waals surface area contributed by atoms with Crippen LogP contribution in [0.3, 0.4) is 0 Å². The minimum atomic E-state index is -0.401. The number of fused-ring (bicyclic) bond motifs is 1. The second-order valence-corrected chi connectivity index (χ2v) is 7.16.